The molecule has 10 atom stereocenters. The fourth-order valence-electron chi connectivity index (χ4n) is 4.73. The van der Waals surface area contributed by atoms with E-state index in [-0.39, 0.29) is 0 Å². The number of nitrogens with one attached hydrogen (secondary N) is 1. The van der Waals surface area contributed by atoms with Gasteiger partial charge in [-0.05, 0) is 13.8 Å². The van der Waals surface area contributed by atoms with E-state index in [9.17, 15) is 44.3 Å². The zero-order valence-electron chi connectivity index (χ0n) is 20.2. The van der Waals surface area contributed by atoms with Gasteiger partial charge in [-0.2, -0.15) is 4.39 Å². The Morgan fingerprint density at radius 3 is 2.53 bits per heavy atom. The van der Waals surface area contributed by atoms with Crippen LogP contribution in [0.2, 0.25) is 0 Å². The number of carboxylic acids is 1. The van der Waals surface area contributed by atoms with Gasteiger partial charge in [0.05, 0.1) is 25.5 Å². The van der Waals surface area contributed by atoms with Gasteiger partial charge in [-0.25, -0.2) is 9.59 Å². The fourth-order valence-corrected chi connectivity index (χ4v) is 4.73. The summed E-state index contributed by atoms with van der Waals surface area (Å²) in [6, 6.07) is 0. The smallest absolute Gasteiger partial charge is 0.364 e. The normalized spacial score (nSPS) is 38.1. The Labute approximate surface area is 212 Å². The van der Waals surface area contributed by atoms with Crippen molar-refractivity contribution < 1.29 is 63.5 Å². The van der Waals surface area contributed by atoms with E-state index in [1.807, 2.05) is 0 Å². The molecule has 38 heavy (non-hydrogen) atoms. The predicted molar refractivity (Wildman–Crippen MR) is 116 cm³/mol. The molecule has 7 N–H and O–H groups in total. The topological polar surface area (TPSA) is 239 Å². The van der Waals surface area contributed by atoms with Crippen molar-refractivity contribution in [3.63, 3.8) is 0 Å². The second kappa shape index (κ2) is 10.3. The van der Waals surface area contributed by atoms with E-state index in [1.165, 1.54) is 0 Å². The Bertz CT molecular complexity index is 1160. The van der Waals surface area contributed by atoms with Crippen LogP contribution in [0.25, 0.3) is 0 Å². The molecule has 1 aromatic heterocycles. The molecule has 0 amide bonds. The summed E-state index contributed by atoms with van der Waals surface area (Å²) in [5.74, 6) is -6.90. The molecule has 0 unspecified atom stereocenters. The maximum Gasteiger partial charge on any atom is 0.364 e. The van der Waals surface area contributed by atoms with E-state index in [0.29, 0.717) is 6.20 Å². The molecule has 3 fully saturated rings. The maximum absolute atomic E-state index is 14.0. The average Bonchev–Trinajstić information content (AvgIpc) is 3.33. The number of hydrogen-bond acceptors (Lipinski definition) is 13. The van der Waals surface area contributed by atoms with Gasteiger partial charge in [0.15, 0.2) is 12.0 Å². The third-order valence-corrected chi connectivity index (χ3v) is 6.58. The van der Waals surface area contributed by atoms with Crippen molar-refractivity contribution >= 4 is 5.97 Å². The standard InChI is InChI=1S/C21H29FN2O14/c1-20(2)36-13-10(35-17(15(13)37-20)24-4-7(22)16(30)23-19(24)33)6-34-21(18(31)32)3-8(26)11(28)14(38-21)12(29)9(27)5-25/h4,8-15,17,25-29H,3,5-6H2,1-2H3,(H,31,32)(H,23,30,33)/t8-,9+,10+,11+,12-,13+,14+,15+,17+,21-/m0/s1. The van der Waals surface area contributed by atoms with E-state index >= 15 is 0 Å². The van der Waals surface area contributed by atoms with Gasteiger partial charge in [0.25, 0.3) is 11.3 Å². The number of aliphatic hydroxyl groups excluding tert-OH is 5. The summed E-state index contributed by atoms with van der Waals surface area (Å²) in [5.41, 5.74) is -2.25. The molecular weight excluding hydrogens is 523 g/mol. The van der Waals surface area contributed by atoms with Gasteiger partial charge >= 0.3 is 11.7 Å². The highest BCUT2D eigenvalue weighted by Crippen LogP contribution is 2.43. The molecule has 214 valence electrons. The molecule has 3 aliphatic rings. The first-order valence-corrected chi connectivity index (χ1v) is 11.6. The number of rotatable bonds is 8. The van der Waals surface area contributed by atoms with Crippen LogP contribution >= 0.6 is 0 Å². The molecular formula is C21H29FN2O14. The van der Waals surface area contributed by atoms with E-state index in [1.54, 1.807) is 18.8 Å². The molecule has 0 aliphatic carbocycles. The molecule has 0 spiro atoms. The summed E-state index contributed by atoms with van der Waals surface area (Å²) in [5, 5.41) is 59.5. The van der Waals surface area contributed by atoms with Gasteiger partial charge in [0, 0.05) is 6.42 Å². The number of carbonyl (C=O) groups is 1. The van der Waals surface area contributed by atoms with Crippen molar-refractivity contribution in [1.29, 1.82) is 0 Å². The molecule has 0 saturated carbocycles. The number of aromatic amines is 1. The Morgan fingerprint density at radius 1 is 1.24 bits per heavy atom. The van der Waals surface area contributed by atoms with Gasteiger partial charge in [0.2, 0.25) is 5.82 Å². The highest BCUT2D eigenvalue weighted by molar-refractivity contribution is 5.76. The monoisotopic (exact) mass is 552 g/mol. The SMILES string of the molecule is CC1(C)O[C@@H]2[C@H](O1)[C@@H](CO[C@@]1(C(=O)O)C[C@H](O)[C@@H](O)[C@H]([C@@H](O)[C@H](O)CO)O1)O[C@H]2n1cc(F)c(=O)[nH]c1=O. The molecule has 0 bridgehead atoms. The largest absolute Gasteiger partial charge is 0.477 e. The second-order valence-electron chi connectivity index (χ2n) is 9.73. The molecule has 3 saturated heterocycles. The first-order valence-electron chi connectivity index (χ1n) is 11.6. The lowest BCUT2D eigenvalue weighted by Crippen LogP contribution is -2.64. The predicted octanol–water partition coefficient (Wildman–Crippen LogP) is -3.88. The van der Waals surface area contributed by atoms with Crippen molar-refractivity contribution in [2.75, 3.05) is 13.2 Å². The van der Waals surface area contributed by atoms with Gasteiger partial charge in [0.1, 0.15) is 42.7 Å². The minimum absolute atomic E-state index is 0.625. The maximum atomic E-state index is 14.0. The lowest BCUT2D eigenvalue weighted by molar-refractivity contribution is -0.332. The van der Waals surface area contributed by atoms with Crippen LogP contribution in [0, 0.1) is 5.82 Å². The summed E-state index contributed by atoms with van der Waals surface area (Å²) in [6.07, 6.45) is -14.0. The fraction of sp³-hybridized carbons (Fsp3) is 0.762. The molecule has 0 aromatic carbocycles. The minimum Gasteiger partial charge on any atom is -0.477 e. The van der Waals surface area contributed by atoms with Crippen LogP contribution < -0.4 is 11.2 Å². The summed E-state index contributed by atoms with van der Waals surface area (Å²) in [7, 11) is 0. The van der Waals surface area contributed by atoms with Crippen LogP contribution in [0.1, 0.15) is 26.5 Å². The number of fused-ring (bicyclic) bond motifs is 1. The van der Waals surface area contributed by atoms with Crippen molar-refractivity contribution in [3.05, 3.63) is 32.9 Å². The molecule has 3 aliphatic heterocycles. The van der Waals surface area contributed by atoms with Gasteiger partial charge in [-0.15, -0.1) is 0 Å². The Hall–Kier alpha value is -2.32. The molecule has 16 nitrogen and oxygen atoms in total. The zero-order valence-corrected chi connectivity index (χ0v) is 20.2. The Morgan fingerprint density at radius 2 is 1.89 bits per heavy atom. The Kier molecular flexibility index (Phi) is 7.80. The number of hydrogen-bond donors (Lipinski definition) is 7. The number of H-pyrrole nitrogens is 1. The zero-order chi connectivity index (χ0) is 28.2. The second-order valence-corrected chi connectivity index (χ2v) is 9.73. The number of aliphatic hydroxyl groups is 5. The van der Waals surface area contributed by atoms with Crippen LogP contribution in [0.15, 0.2) is 15.8 Å². The molecule has 0 radical (unpaired) electrons. The summed E-state index contributed by atoms with van der Waals surface area (Å²) >= 11 is 0. The lowest BCUT2D eigenvalue weighted by atomic mass is 9.90. The first-order chi connectivity index (χ1) is 17.7. The molecule has 4 rings (SSSR count). The number of ether oxygens (including phenoxy) is 5. The number of aliphatic carboxylic acids is 1. The third-order valence-electron chi connectivity index (χ3n) is 6.58. The van der Waals surface area contributed by atoms with Crippen molar-refractivity contribution in [2.24, 2.45) is 0 Å². The van der Waals surface area contributed by atoms with E-state index in [4.69, 9.17) is 28.8 Å². The van der Waals surface area contributed by atoms with Gasteiger partial charge < -0.3 is 54.3 Å². The van der Waals surface area contributed by atoms with E-state index < -0.39 is 109 Å². The highest BCUT2D eigenvalue weighted by Gasteiger charge is 2.59. The Balaban J connectivity index is 1.59. The lowest BCUT2D eigenvalue weighted by Gasteiger charge is -2.44. The van der Waals surface area contributed by atoms with Crippen LogP contribution in [-0.4, -0.2) is 120 Å². The van der Waals surface area contributed by atoms with Gasteiger partial charge in [-0.3, -0.25) is 14.3 Å². The van der Waals surface area contributed by atoms with Crippen LogP contribution in [0.4, 0.5) is 4.39 Å². The molecule has 17 heteroatoms. The quantitative estimate of drug-likeness (QED) is 0.163. The van der Waals surface area contributed by atoms with Crippen molar-refractivity contribution in [2.45, 2.75) is 86.9 Å². The van der Waals surface area contributed by atoms with Crippen LogP contribution in [-0.2, 0) is 28.5 Å². The van der Waals surface area contributed by atoms with Crippen LogP contribution in [0.5, 0.6) is 0 Å². The average molecular weight is 552 g/mol. The summed E-state index contributed by atoms with van der Waals surface area (Å²) in [4.78, 5) is 37.8. The molecule has 1 aromatic rings. The van der Waals surface area contributed by atoms with Crippen LogP contribution in [0.3, 0.4) is 0 Å². The minimum atomic E-state index is -2.66. The number of carboxylic acid groups (broad SMARTS) is 1. The summed E-state index contributed by atoms with van der Waals surface area (Å²) in [6.45, 7) is 1.52. The first kappa shape index (κ1) is 28.7. The summed E-state index contributed by atoms with van der Waals surface area (Å²) < 4.78 is 43.0. The van der Waals surface area contributed by atoms with Crippen molar-refractivity contribution in [3.8, 4) is 0 Å². The highest BCUT2D eigenvalue weighted by atomic mass is 19.1. The van der Waals surface area contributed by atoms with E-state index in [0.717, 1.165) is 4.57 Å². The molecule has 4 heterocycles. The number of halogens is 1. The number of aromatic nitrogens is 2. The van der Waals surface area contributed by atoms with Gasteiger partial charge in [-0.1, -0.05) is 0 Å². The van der Waals surface area contributed by atoms with E-state index in [2.05, 4.69) is 0 Å². The third kappa shape index (κ3) is 5.14. The van der Waals surface area contributed by atoms with Crippen molar-refractivity contribution in [1.82, 2.24) is 9.55 Å². The number of nitrogens with zero attached hydrogens (tertiary/aromatic N) is 1.